The van der Waals surface area contributed by atoms with E-state index in [1.807, 2.05) is 36.9 Å². The van der Waals surface area contributed by atoms with Gasteiger partial charge in [-0.1, -0.05) is 16.9 Å². The van der Waals surface area contributed by atoms with Crippen molar-refractivity contribution in [3.63, 3.8) is 0 Å². The van der Waals surface area contributed by atoms with Gasteiger partial charge >= 0.3 is 0 Å². The summed E-state index contributed by atoms with van der Waals surface area (Å²) in [6.45, 7) is 4.40. The fourth-order valence-corrected chi connectivity index (χ4v) is 3.86. The number of amides is 2. The van der Waals surface area contributed by atoms with Crippen LogP contribution in [0.25, 0.3) is 0 Å². The van der Waals surface area contributed by atoms with Crippen molar-refractivity contribution in [2.45, 2.75) is 17.7 Å². The fraction of sp³-hybridized carbons (Fsp3) is 0.474. The highest BCUT2D eigenvalue weighted by atomic mass is 32.2. The molecule has 3 rings (SSSR count). The first-order valence-corrected chi connectivity index (χ1v) is 10.1. The largest absolute Gasteiger partial charge is 0.361 e. The van der Waals surface area contributed by atoms with E-state index < -0.39 is 0 Å². The average Bonchev–Trinajstić information content (AvgIpc) is 3.11. The number of nitrogens with zero attached hydrogens (tertiary/aromatic N) is 5. The zero-order chi connectivity index (χ0) is 20.1. The van der Waals surface area contributed by atoms with Crippen molar-refractivity contribution in [2.24, 2.45) is 0 Å². The molecule has 2 aromatic heterocycles. The van der Waals surface area contributed by atoms with Crippen molar-refractivity contribution in [2.75, 3.05) is 46.8 Å². The Balaban J connectivity index is 1.61. The molecule has 28 heavy (non-hydrogen) atoms. The minimum absolute atomic E-state index is 0.0494. The number of pyridine rings is 1. The number of aromatic nitrogens is 2. The second kappa shape index (κ2) is 9.20. The number of piperazine rings is 1. The number of aryl methyl sites for hydroxylation is 1. The van der Waals surface area contributed by atoms with Crippen LogP contribution in [0.4, 0.5) is 0 Å². The first-order chi connectivity index (χ1) is 13.4. The molecule has 1 aliphatic heterocycles. The van der Waals surface area contributed by atoms with Gasteiger partial charge in [-0.15, -0.1) is 0 Å². The molecular formula is C19H25N5O3S. The van der Waals surface area contributed by atoms with E-state index in [0.717, 1.165) is 11.5 Å². The van der Waals surface area contributed by atoms with Crippen LogP contribution in [0.3, 0.4) is 0 Å². The highest BCUT2D eigenvalue weighted by Crippen LogP contribution is 2.25. The molecule has 9 heteroatoms. The van der Waals surface area contributed by atoms with Gasteiger partial charge in [0, 0.05) is 44.2 Å². The van der Waals surface area contributed by atoms with Gasteiger partial charge in [0.1, 0.15) is 10.8 Å². The molecule has 0 N–H and O–H groups in total. The SMILES string of the molecule is Cc1cc(CSc2ncccc2C(=O)N2CCN(C(=O)CN(C)C)CC2)no1. The molecule has 8 nitrogen and oxygen atoms in total. The lowest BCUT2D eigenvalue weighted by Gasteiger charge is -2.35. The van der Waals surface area contributed by atoms with Gasteiger partial charge in [0.2, 0.25) is 5.91 Å². The van der Waals surface area contributed by atoms with Crippen LogP contribution in [-0.2, 0) is 10.5 Å². The Hall–Kier alpha value is -2.39. The van der Waals surface area contributed by atoms with Gasteiger partial charge in [-0.25, -0.2) is 4.98 Å². The first kappa shape index (κ1) is 20.3. The van der Waals surface area contributed by atoms with Crippen LogP contribution in [0.2, 0.25) is 0 Å². The van der Waals surface area contributed by atoms with E-state index in [4.69, 9.17) is 4.52 Å². The van der Waals surface area contributed by atoms with Gasteiger partial charge < -0.3 is 19.2 Å². The van der Waals surface area contributed by atoms with E-state index >= 15 is 0 Å². The van der Waals surface area contributed by atoms with Gasteiger partial charge in [0.05, 0.1) is 17.8 Å². The molecule has 3 heterocycles. The van der Waals surface area contributed by atoms with E-state index in [1.54, 1.807) is 23.2 Å². The second-order valence-corrected chi connectivity index (χ2v) is 7.95. The van der Waals surface area contributed by atoms with Crippen molar-refractivity contribution in [3.05, 3.63) is 41.4 Å². The number of carbonyl (C=O) groups excluding carboxylic acids is 2. The molecule has 1 aliphatic rings. The molecule has 0 atom stereocenters. The monoisotopic (exact) mass is 403 g/mol. The molecule has 1 fully saturated rings. The predicted molar refractivity (Wildman–Crippen MR) is 106 cm³/mol. The summed E-state index contributed by atoms with van der Waals surface area (Å²) >= 11 is 1.47. The molecule has 150 valence electrons. The summed E-state index contributed by atoms with van der Waals surface area (Å²) in [6, 6.07) is 5.45. The fourth-order valence-electron chi connectivity index (χ4n) is 3.00. The zero-order valence-electron chi connectivity index (χ0n) is 16.4. The summed E-state index contributed by atoms with van der Waals surface area (Å²) in [5.74, 6) is 1.39. The zero-order valence-corrected chi connectivity index (χ0v) is 17.2. The Kier molecular flexibility index (Phi) is 6.69. The smallest absolute Gasteiger partial charge is 0.256 e. The molecule has 0 saturated carbocycles. The van der Waals surface area contributed by atoms with Gasteiger partial charge in [0.15, 0.2) is 0 Å². The average molecular weight is 404 g/mol. The lowest BCUT2D eigenvalue weighted by atomic mass is 10.2. The van der Waals surface area contributed by atoms with Crippen molar-refractivity contribution >= 4 is 23.6 Å². The number of likely N-dealkylation sites (N-methyl/N-ethyl adjacent to an activating group) is 1. The Morgan fingerprint density at radius 2 is 1.93 bits per heavy atom. The van der Waals surface area contributed by atoms with Crippen LogP contribution in [0, 0.1) is 6.92 Å². The molecular weight excluding hydrogens is 378 g/mol. The lowest BCUT2D eigenvalue weighted by molar-refractivity contribution is -0.133. The number of rotatable bonds is 6. The van der Waals surface area contributed by atoms with Crippen molar-refractivity contribution < 1.29 is 14.1 Å². The number of carbonyl (C=O) groups is 2. The van der Waals surface area contributed by atoms with Gasteiger partial charge in [0.25, 0.3) is 5.91 Å². The minimum Gasteiger partial charge on any atom is -0.361 e. The maximum Gasteiger partial charge on any atom is 0.256 e. The summed E-state index contributed by atoms with van der Waals surface area (Å²) in [6.07, 6.45) is 1.69. The molecule has 0 bridgehead atoms. The Bertz CT molecular complexity index is 830. The normalized spacial score (nSPS) is 14.6. The summed E-state index contributed by atoms with van der Waals surface area (Å²) in [5, 5.41) is 4.66. The third-order valence-electron chi connectivity index (χ3n) is 4.41. The molecule has 0 aromatic carbocycles. The number of thioether (sulfide) groups is 1. The molecule has 1 saturated heterocycles. The van der Waals surface area contributed by atoms with E-state index in [1.165, 1.54) is 11.8 Å². The maximum absolute atomic E-state index is 13.0. The molecule has 2 aromatic rings. The van der Waals surface area contributed by atoms with Crippen LogP contribution in [-0.4, -0.2) is 83.5 Å². The van der Waals surface area contributed by atoms with Crippen LogP contribution in [0.1, 0.15) is 21.8 Å². The van der Waals surface area contributed by atoms with E-state index in [0.29, 0.717) is 49.1 Å². The lowest BCUT2D eigenvalue weighted by Crippen LogP contribution is -2.52. The predicted octanol–water partition coefficient (Wildman–Crippen LogP) is 1.52. The van der Waals surface area contributed by atoms with E-state index in [9.17, 15) is 9.59 Å². The third kappa shape index (κ3) is 5.11. The topological polar surface area (TPSA) is 82.8 Å². The van der Waals surface area contributed by atoms with Gasteiger partial charge in [-0.3, -0.25) is 9.59 Å². The molecule has 2 amide bonds. The van der Waals surface area contributed by atoms with Crippen LogP contribution >= 0.6 is 11.8 Å². The molecule has 0 radical (unpaired) electrons. The molecule has 0 unspecified atom stereocenters. The molecule has 0 spiro atoms. The summed E-state index contributed by atoms with van der Waals surface area (Å²) in [7, 11) is 3.75. The minimum atomic E-state index is -0.0494. The third-order valence-corrected chi connectivity index (χ3v) is 5.45. The first-order valence-electron chi connectivity index (χ1n) is 9.16. The Morgan fingerprint density at radius 1 is 1.21 bits per heavy atom. The Labute approximate surface area is 168 Å². The highest BCUT2D eigenvalue weighted by molar-refractivity contribution is 7.98. The van der Waals surface area contributed by atoms with Crippen LogP contribution < -0.4 is 0 Å². The highest BCUT2D eigenvalue weighted by Gasteiger charge is 2.26. The van der Waals surface area contributed by atoms with Crippen LogP contribution in [0.5, 0.6) is 0 Å². The quantitative estimate of drug-likeness (QED) is 0.676. The summed E-state index contributed by atoms with van der Waals surface area (Å²) in [4.78, 5) is 35.0. The van der Waals surface area contributed by atoms with Gasteiger partial charge in [-0.2, -0.15) is 0 Å². The summed E-state index contributed by atoms with van der Waals surface area (Å²) in [5.41, 5.74) is 1.40. The van der Waals surface area contributed by atoms with E-state index in [-0.39, 0.29) is 11.8 Å². The number of hydrogen-bond donors (Lipinski definition) is 0. The van der Waals surface area contributed by atoms with Crippen molar-refractivity contribution in [1.82, 2.24) is 24.8 Å². The Morgan fingerprint density at radius 3 is 2.57 bits per heavy atom. The van der Waals surface area contributed by atoms with Gasteiger partial charge in [-0.05, 0) is 33.2 Å². The second-order valence-electron chi connectivity index (χ2n) is 6.98. The van der Waals surface area contributed by atoms with E-state index in [2.05, 4.69) is 10.1 Å². The van der Waals surface area contributed by atoms with Crippen molar-refractivity contribution in [3.8, 4) is 0 Å². The standard InChI is InChI=1S/C19H25N5O3S/c1-14-11-15(21-27-14)13-28-18-16(5-4-6-20-18)19(26)24-9-7-23(8-10-24)17(25)12-22(2)3/h4-6,11H,7-10,12-13H2,1-3H3. The van der Waals surface area contributed by atoms with Crippen molar-refractivity contribution in [1.29, 1.82) is 0 Å². The maximum atomic E-state index is 13.0. The molecule has 0 aliphatic carbocycles. The summed E-state index contributed by atoms with van der Waals surface area (Å²) < 4.78 is 5.08. The van der Waals surface area contributed by atoms with Crippen LogP contribution in [0.15, 0.2) is 33.9 Å². The number of hydrogen-bond acceptors (Lipinski definition) is 7.